The van der Waals surface area contributed by atoms with Crippen molar-refractivity contribution < 1.29 is 43.9 Å². The number of aromatic amines is 1. The molecule has 0 bridgehead atoms. The number of aromatic hydroxyl groups is 2. The monoisotopic (exact) mass is 790 g/mol. The standard InChI is InChI=1S/C29H25Cl2N11O8S2/c1-29(2,27(48)49)50-38-17(16-21(31)52-28(32)35-16)24(46)34-18-25(47)42-19(22-36-39-40-37-22)11(10-51-26(18)42)9-41-7-5-12(6-8-41)33-23(45)13-3-4-14(43)20(44)15(13)30/h3-8,18,26H,9-10H2,1-2H3,(H7,32,34,35,36,37,38,39,40,43,44,45,46,48,49)/p+1/t18-,26-/m1/s1. The number of hydrogen-bond acceptors (Lipinski definition) is 15. The summed E-state index contributed by atoms with van der Waals surface area (Å²) in [7, 11) is 0. The lowest BCUT2D eigenvalue weighted by Crippen LogP contribution is -2.70. The number of β-lactam (4-membered cyclic amide) rings is 1. The van der Waals surface area contributed by atoms with Crippen LogP contribution in [0.5, 0.6) is 11.5 Å². The van der Waals surface area contributed by atoms with E-state index in [9.17, 15) is 34.5 Å². The number of carboxylic acid groups (broad SMARTS) is 1. The van der Waals surface area contributed by atoms with Gasteiger partial charge in [0.05, 0.1) is 22.0 Å². The van der Waals surface area contributed by atoms with Crippen LogP contribution >= 0.6 is 46.3 Å². The molecule has 3 amide bonds. The number of carbonyl (C=O) groups excluding carboxylic acids is 3. The molecule has 2 aliphatic rings. The zero-order valence-corrected chi connectivity index (χ0v) is 29.8. The van der Waals surface area contributed by atoms with Gasteiger partial charge in [-0.2, -0.15) is 0 Å². The SMILES string of the molecule is CC(C)(O/N=C(\C(=O)N[C@@H]1C(=O)N2C(c3nnn[nH]3)=C(C[n+]3ccc(NC(=O)c4ccc(O)c(O)c4Cl)cc3)CS[C@H]12)c1nc(N)sc1Cl)C(=O)O. The molecule has 6 rings (SSSR count). The second-order valence-electron chi connectivity index (χ2n) is 11.6. The number of tetrazole rings is 1. The van der Waals surface area contributed by atoms with E-state index < -0.39 is 57.9 Å². The third-order valence-corrected chi connectivity index (χ3v) is 10.5. The number of halogens is 2. The molecule has 0 unspecified atom stereocenters. The largest absolute Gasteiger partial charge is 0.504 e. The van der Waals surface area contributed by atoms with Crippen molar-refractivity contribution in [3.05, 3.63) is 68.7 Å². The maximum atomic E-state index is 13.7. The maximum Gasteiger partial charge on any atom is 0.350 e. The van der Waals surface area contributed by atoms with Crippen LogP contribution in [-0.2, 0) is 25.8 Å². The Labute approximate surface area is 310 Å². The van der Waals surface area contributed by atoms with Gasteiger partial charge in [-0.05, 0) is 36.4 Å². The van der Waals surface area contributed by atoms with Crippen molar-refractivity contribution >= 4 is 92.2 Å². The Kier molecular flexibility index (Phi) is 9.94. The van der Waals surface area contributed by atoms with Crippen LogP contribution < -0.4 is 20.9 Å². The number of hydrogen-bond donors (Lipinski definition) is 7. The van der Waals surface area contributed by atoms with Crippen molar-refractivity contribution in [2.24, 2.45) is 5.16 Å². The quantitative estimate of drug-likeness (QED) is 0.0374. The minimum absolute atomic E-state index is 0.000597. The molecule has 4 aromatic rings. The molecule has 0 radical (unpaired) electrons. The first kappa shape index (κ1) is 36.3. The number of oxime groups is 1. The molecular formula is C29H26Cl2N11O8S2+. The van der Waals surface area contributed by atoms with Gasteiger partial charge in [0.2, 0.25) is 5.60 Å². The number of nitrogens with one attached hydrogen (secondary N) is 3. The molecule has 1 fully saturated rings. The Balaban J connectivity index is 1.20. The molecule has 5 heterocycles. The Morgan fingerprint density at radius 3 is 2.58 bits per heavy atom. The molecule has 19 nitrogen and oxygen atoms in total. The van der Waals surface area contributed by atoms with E-state index in [1.54, 1.807) is 29.1 Å². The number of nitrogen functional groups attached to an aromatic ring is 1. The number of amides is 3. The van der Waals surface area contributed by atoms with Gasteiger partial charge in [-0.15, -0.1) is 16.9 Å². The summed E-state index contributed by atoms with van der Waals surface area (Å²) < 4.78 is 1.79. The molecule has 23 heteroatoms. The van der Waals surface area contributed by atoms with E-state index in [-0.39, 0.29) is 38.1 Å². The summed E-state index contributed by atoms with van der Waals surface area (Å²) in [4.78, 5) is 62.2. The predicted octanol–water partition coefficient (Wildman–Crippen LogP) is 1.59. The summed E-state index contributed by atoms with van der Waals surface area (Å²) in [6, 6.07) is 4.64. The Hall–Kier alpha value is -5.51. The lowest BCUT2D eigenvalue weighted by atomic mass is 10.0. The summed E-state index contributed by atoms with van der Waals surface area (Å²) >= 11 is 14.5. The first-order valence-electron chi connectivity index (χ1n) is 14.8. The molecule has 0 spiro atoms. The fourth-order valence-corrected chi connectivity index (χ4v) is 7.46. The van der Waals surface area contributed by atoms with Crippen LogP contribution in [0, 0.1) is 0 Å². The number of aromatic nitrogens is 6. The number of nitrogens with zero attached hydrogens (tertiary/aromatic N) is 7. The average Bonchev–Trinajstić information content (AvgIpc) is 3.76. The zero-order valence-electron chi connectivity index (χ0n) is 26.7. The number of thiazole rings is 1. The number of H-pyrrole nitrogens is 1. The van der Waals surface area contributed by atoms with Crippen molar-refractivity contribution in [1.29, 1.82) is 0 Å². The highest BCUT2D eigenvalue weighted by molar-refractivity contribution is 8.00. The topological polar surface area (TPSA) is 275 Å². The van der Waals surface area contributed by atoms with Gasteiger partial charge in [-0.1, -0.05) is 39.7 Å². The lowest BCUT2D eigenvalue weighted by molar-refractivity contribution is -0.688. The van der Waals surface area contributed by atoms with E-state index in [1.165, 1.54) is 36.6 Å². The molecule has 0 aliphatic carbocycles. The Morgan fingerprint density at radius 1 is 1.21 bits per heavy atom. The fraction of sp³-hybridized carbons (Fsp3) is 0.241. The number of nitrogens with two attached hydrogens (primary N) is 1. The highest BCUT2D eigenvalue weighted by atomic mass is 35.5. The number of aliphatic carboxylic acids is 1. The van der Waals surface area contributed by atoms with Gasteiger partial charge in [0, 0.05) is 23.5 Å². The summed E-state index contributed by atoms with van der Waals surface area (Å²) in [5.41, 5.74) is 4.85. The van der Waals surface area contributed by atoms with Crippen molar-refractivity contribution in [2.75, 3.05) is 16.8 Å². The van der Waals surface area contributed by atoms with Crippen molar-refractivity contribution in [3.63, 3.8) is 0 Å². The summed E-state index contributed by atoms with van der Waals surface area (Å²) in [6.07, 6.45) is 3.38. The van der Waals surface area contributed by atoms with Crippen LogP contribution in [0.1, 0.15) is 35.7 Å². The number of anilines is 2. The maximum absolute atomic E-state index is 13.7. The van der Waals surface area contributed by atoms with E-state index in [1.807, 2.05) is 0 Å². The number of phenols is 2. The van der Waals surface area contributed by atoms with E-state index >= 15 is 0 Å². The number of carboxylic acids is 1. The summed E-state index contributed by atoms with van der Waals surface area (Å²) in [6.45, 7) is 2.74. The fourth-order valence-electron chi connectivity index (χ4n) is 4.95. The normalized spacial score (nSPS) is 17.3. The number of benzene rings is 1. The van der Waals surface area contributed by atoms with Gasteiger partial charge in [0.15, 0.2) is 47.1 Å². The van der Waals surface area contributed by atoms with Gasteiger partial charge >= 0.3 is 5.97 Å². The molecule has 2 aliphatic heterocycles. The predicted molar refractivity (Wildman–Crippen MR) is 186 cm³/mol. The highest BCUT2D eigenvalue weighted by Gasteiger charge is 2.54. The van der Waals surface area contributed by atoms with Gasteiger partial charge in [0.1, 0.15) is 21.4 Å². The first-order chi connectivity index (χ1) is 24.7. The minimum Gasteiger partial charge on any atom is -0.504 e. The summed E-state index contributed by atoms with van der Waals surface area (Å²) in [5, 5.41) is 51.1. The van der Waals surface area contributed by atoms with Gasteiger partial charge in [-0.25, -0.2) is 19.4 Å². The number of rotatable bonds is 11. The number of fused-ring (bicyclic) bond motifs is 1. The average molecular weight is 792 g/mol. The lowest BCUT2D eigenvalue weighted by Gasteiger charge is -2.49. The van der Waals surface area contributed by atoms with Gasteiger partial charge in [0.25, 0.3) is 17.7 Å². The van der Waals surface area contributed by atoms with Crippen molar-refractivity contribution in [1.82, 2.24) is 35.8 Å². The molecule has 1 aromatic carbocycles. The number of carbonyl (C=O) groups is 4. The second kappa shape index (κ2) is 14.3. The third kappa shape index (κ3) is 7.02. The number of thioether (sulfide) groups is 1. The molecule has 2 atom stereocenters. The van der Waals surface area contributed by atoms with Crippen molar-refractivity contribution in [3.8, 4) is 11.5 Å². The molecule has 3 aromatic heterocycles. The Bertz CT molecular complexity index is 2160. The minimum atomic E-state index is -1.82. The number of phenolic OH excluding ortho intramolecular Hbond substituents is 2. The van der Waals surface area contributed by atoms with Crippen LogP contribution in [0.2, 0.25) is 9.36 Å². The first-order valence-corrected chi connectivity index (χ1v) is 17.4. The van der Waals surface area contributed by atoms with E-state index in [0.29, 0.717) is 17.1 Å². The van der Waals surface area contributed by atoms with E-state index in [2.05, 4.69) is 41.4 Å². The third-order valence-electron chi connectivity index (χ3n) is 7.69. The van der Waals surface area contributed by atoms with Crippen LogP contribution in [-0.4, -0.2) is 98.0 Å². The van der Waals surface area contributed by atoms with Crippen LogP contribution in [0.15, 0.2) is 47.4 Å². The van der Waals surface area contributed by atoms with Gasteiger partial charge < -0.3 is 36.5 Å². The molecule has 52 heavy (non-hydrogen) atoms. The molecular weight excluding hydrogens is 765 g/mol. The van der Waals surface area contributed by atoms with Crippen LogP contribution in [0.25, 0.3) is 5.70 Å². The highest BCUT2D eigenvalue weighted by Crippen LogP contribution is 2.43. The van der Waals surface area contributed by atoms with Crippen LogP contribution in [0.4, 0.5) is 10.8 Å². The van der Waals surface area contributed by atoms with Gasteiger partial charge in [-0.3, -0.25) is 19.3 Å². The van der Waals surface area contributed by atoms with E-state index in [0.717, 1.165) is 23.0 Å². The molecule has 0 saturated carbocycles. The summed E-state index contributed by atoms with van der Waals surface area (Å²) in [5.74, 6) is -3.82. The second-order valence-corrected chi connectivity index (χ2v) is 14.7. The number of pyridine rings is 1. The molecule has 1 saturated heterocycles. The van der Waals surface area contributed by atoms with Crippen molar-refractivity contribution in [2.45, 2.75) is 37.4 Å². The smallest absolute Gasteiger partial charge is 0.350 e. The van der Waals surface area contributed by atoms with E-state index in [4.69, 9.17) is 33.8 Å². The molecule has 8 N–H and O–H groups in total. The zero-order chi connectivity index (χ0) is 37.5. The molecule has 270 valence electrons. The Morgan fingerprint density at radius 2 is 1.94 bits per heavy atom. The van der Waals surface area contributed by atoms with Crippen LogP contribution in [0.3, 0.4) is 0 Å².